The fourth-order valence-corrected chi connectivity index (χ4v) is 1.55. The van der Waals surface area contributed by atoms with Crippen molar-refractivity contribution in [2.75, 3.05) is 6.61 Å². The van der Waals surface area contributed by atoms with E-state index in [1.807, 2.05) is 0 Å². The summed E-state index contributed by atoms with van der Waals surface area (Å²) < 4.78 is 0. The Labute approximate surface area is 95.7 Å². The first-order valence-corrected chi connectivity index (χ1v) is 5.72. The van der Waals surface area contributed by atoms with E-state index in [0.717, 1.165) is 25.0 Å². The molecule has 90 valence electrons. The molecule has 0 saturated carbocycles. The van der Waals surface area contributed by atoms with E-state index in [9.17, 15) is 4.79 Å². The number of unbranched alkanes of at least 4 members (excludes halogenated alkanes) is 2. The van der Waals surface area contributed by atoms with Gasteiger partial charge in [0.2, 0.25) is 5.91 Å². The van der Waals surface area contributed by atoms with Crippen LogP contribution in [0.2, 0.25) is 0 Å². The molecule has 1 aliphatic rings. The maximum Gasteiger partial charge on any atom is 0.224 e. The molecule has 0 bridgehead atoms. The van der Waals surface area contributed by atoms with Gasteiger partial charge in [0.1, 0.15) is 0 Å². The lowest BCUT2D eigenvalue weighted by Crippen LogP contribution is -2.23. The summed E-state index contributed by atoms with van der Waals surface area (Å²) in [6.45, 7) is 0.191. The molecule has 3 N–H and O–H groups in total. The Kier molecular flexibility index (Phi) is 5.64. The number of aliphatic hydroxyl groups excluding tert-OH is 2. The van der Waals surface area contributed by atoms with Gasteiger partial charge in [0.15, 0.2) is 0 Å². The van der Waals surface area contributed by atoms with Gasteiger partial charge in [-0.3, -0.25) is 4.79 Å². The number of carbonyl (C=O) groups excluding carboxylic acids is 1. The monoisotopic (exact) mass is 225 g/mol. The lowest BCUT2D eigenvalue weighted by Gasteiger charge is -2.12. The average Bonchev–Trinajstić information content (AvgIpc) is 2.28. The van der Waals surface area contributed by atoms with Crippen molar-refractivity contribution in [3.63, 3.8) is 0 Å². The SMILES string of the molecule is O=C(CCCCCO)NC1=CC=C(O)CC1. The molecule has 1 aliphatic carbocycles. The highest BCUT2D eigenvalue weighted by molar-refractivity contribution is 5.77. The first-order chi connectivity index (χ1) is 7.72. The molecule has 0 heterocycles. The number of rotatable bonds is 6. The molecule has 0 aromatic rings. The van der Waals surface area contributed by atoms with Gasteiger partial charge in [0, 0.05) is 25.1 Å². The van der Waals surface area contributed by atoms with Gasteiger partial charge in [-0.2, -0.15) is 0 Å². The maximum atomic E-state index is 11.5. The molecule has 0 atom stereocenters. The van der Waals surface area contributed by atoms with Crippen LogP contribution in [0.5, 0.6) is 0 Å². The first kappa shape index (κ1) is 12.8. The summed E-state index contributed by atoms with van der Waals surface area (Å²) in [5, 5.41) is 20.5. The van der Waals surface area contributed by atoms with Crippen molar-refractivity contribution < 1.29 is 15.0 Å². The minimum atomic E-state index is 0.0129. The highest BCUT2D eigenvalue weighted by atomic mass is 16.3. The second-order valence-electron chi connectivity index (χ2n) is 3.93. The van der Waals surface area contributed by atoms with Crippen molar-refractivity contribution in [3.05, 3.63) is 23.6 Å². The second-order valence-corrected chi connectivity index (χ2v) is 3.93. The van der Waals surface area contributed by atoms with Crippen LogP contribution >= 0.6 is 0 Å². The number of hydrogen-bond acceptors (Lipinski definition) is 3. The van der Waals surface area contributed by atoms with Crippen LogP contribution in [0.1, 0.15) is 38.5 Å². The highest BCUT2D eigenvalue weighted by Gasteiger charge is 2.08. The summed E-state index contributed by atoms with van der Waals surface area (Å²) in [6, 6.07) is 0. The van der Waals surface area contributed by atoms with Crippen LogP contribution in [0, 0.1) is 0 Å². The van der Waals surface area contributed by atoms with Crippen LogP contribution in [0.4, 0.5) is 0 Å². The normalized spacial score (nSPS) is 15.3. The Bertz CT molecular complexity index is 295. The first-order valence-electron chi connectivity index (χ1n) is 5.72. The summed E-state index contributed by atoms with van der Waals surface area (Å²) in [5.74, 6) is 0.375. The van der Waals surface area contributed by atoms with E-state index in [-0.39, 0.29) is 12.5 Å². The number of carbonyl (C=O) groups is 1. The average molecular weight is 225 g/mol. The summed E-state index contributed by atoms with van der Waals surface area (Å²) in [5.41, 5.74) is 0.866. The summed E-state index contributed by atoms with van der Waals surface area (Å²) in [7, 11) is 0. The molecule has 0 aliphatic heterocycles. The summed E-state index contributed by atoms with van der Waals surface area (Å²) in [4.78, 5) is 11.5. The molecule has 0 radical (unpaired) electrons. The van der Waals surface area contributed by atoms with Crippen LogP contribution < -0.4 is 5.32 Å². The number of allylic oxidation sites excluding steroid dienone is 4. The minimum absolute atomic E-state index is 0.0129. The van der Waals surface area contributed by atoms with Crippen LogP contribution in [-0.4, -0.2) is 22.7 Å². The van der Waals surface area contributed by atoms with Crippen molar-refractivity contribution in [2.45, 2.75) is 38.5 Å². The third-order valence-corrected chi connectivity index (χ3v) is 2.49. The van der Waals surface area contributed by atoms with Crippen molar-refractivity contribution in [2.24, 2.45) is 0 Å². The highest BCUT2D eigenvalue weighted by Crippen LogP contribution is 2.14. The maximum absolute atomic E-state index is 11.5. The fourth-order valence-electron chi connectivity index (χ4n) is 1.55. The van der Waals surface area contributed by atoms with Gasteiger partial charge in [-0.15, -0.1) is 0 Å². The van der Waals surface area contributed by atoms with Crippen LogP contribution in [-0.2, 0) is 4.79 Å². The van der Waals surface area contributed by atoms with Gasteiger partial charge in [0.25, 0.3) is 0 Å². The van der Waals surface area contributed by atoms with Gasteiger partial charge in [-0.25, -0.2) is 0 Å². The van der Waals surface area contributed by atoms with Crippen LogP contribution in [0.15, 0.2) is 23.6 Å². The molecule has 1 rings (SSSR count). The van der Waals surface area contributed by atoms with E-state index < -0.39 is 0 Å². The Morgan fingerprint density at radius 3 is 2.69 bits per heavy atom. The van der Waals surface area contributed by atoms with Crippen LogP contribution in [0.3, 0.4) is 0 Å². The smallest absolute Gasteiger partial charge is 0.224 e. The van der Waals surface area contributed by atoms with E-state index in [4.69, 9.17) is 10.2 Å². The van der Waals surface area contributed by atoms with Gasteiger partial charge in [-0.05, 0) is 31.4 Å². The topological polar surface area (TPSA) is 69.6 Å². The Morgan fingerprint density at radius 2 is 2.06 bits per heavy atom. The Morgan fingerprint density at radius 1 is 1.25 bits per heavy atom. The second kappa shape index (κ2) is 7.06. The zero-order chi connectivity index (χ0) is 11.8. The van der Waals surface area contributed by atoms with Gasteiger partial charge < -0.3 is 15.5 Å². The minimum Gasteiger partial charge on any atom is -0.512 e. The molecule has 0 aromatic carbocycles. The molecule has 0 aromatic heterocycles. The molecule has 4 nitrogen and oxygen atoms in total. The van der Waals surface area contributed by atoms with E-state index in [1.165, 1.54) is 0 Å². The quantitative estimate of drug-likeness (QED) is 0.603. The van der Waals surface area contributed by atoms with Crippen molar-refractivity contribution in [1.29, 1.82) is 0 Å². The van der Waals surface area contributed by atoms with Gasteiger partial charge >= 0.3 is 0 Å². The van der Waals surface area contributed by atoms with Gasteiger partial charge in [0.05, 0.1) is 5.76 Å². The molecule has 0 spiro atoms. The predicted molar refractivity (Wildman–Crippen MR) is 61.7 cm³/mol. The molecule has 0 saturated heterocycles. The Balaban J connectivity index is 2.19. The molecular weight excluding hydrogens is 206 g/mol. The van der Waals surface area contributed by atoms with Crippen LogP contribution in [0.25, 0.3) is 0 Å². The third-order valence-electron chi connectivity index (χ3n) is 2.49. The molecule has 0 fully saturated rings. The molecule has 16 heavy (non-hydrogen) atoms. The largest absolute Gasteiger partial charge is 0.512 e. The standard InChI is InChI=1S/C12H19NO3/c14-9-3-1-2-4-12(16)13-10-5-7-11(15)8-6-10/h5,7,14-15H,1-4,6,8-9H2,(H,13,16). The van der Waals surface area contributed by atoms with Crippen molar-refractivity contribution >= 4 is 5.91 Å². The van der Waals surface area contributed by atoms with Crippen molar-refractivity contribution in [3.8, 4) is 0 Å². The fraction of sp³-hybridized carbons (Fsp3) is 0.583. The van der Waals surface area contributed by atoms with E-state index >= 15 is 0 Å². The summed E-state index contributed by atoms with van der Waals surface area (Å²) >= 11 is 0. The zero-order valence-corrected chi connectivity index (χ0v) is 9.41. The molecule has 1 amide bonds. The zero-order valence-electron chi connectivity index (χ0n) is 9.41. The van der Waals surface area contributed by atoms with Gasteiger partial charge in [-0.1, -0.05) is 6.42 Å². The number of amides is 1. The van der Waals surface area contributed by atoms with E-state index in [0.29, 0.717) is 25.0 Å². The lowest BCUT2D eigenvalue weighted by atomic mass is 10.1. The Hall–Kier alpha value is -1.29. The molecular formula is C12H19NO3. The molecule has 4 heteroatoms. The number of hydrogen-bond donors (Lipinski definition) is 3. The lowest BCUT2D eigenvalue weighted by molar-refractivity contribution is -0.120. The van der Waals surface area contributed by atoms with E-state index in [2.05, 4.69) is 5.32 Å². The predicted octanol–water partition coefficient (Wildman–Crippen LogP) is 1.77. The third kappa shape index (κ3) is 4.98. The number of aliphatic hydroxyl groups is 2. The molecule has 0 unspecified atom stereocenters. The van der Waals surface area contributed by atoms with E-state index in [1.54, 1.807) is 12.2 Å². The van der Waals surface area contributed by atoms with Crippen molar-refractivity contribution in [1.82, 2.24) is 5.32 Å². The number of nitrogens with one attached hydrogen (secondary N) is 1. The summed E-state index contributed by atoms with van der Waals surface area (Å²) in [6.07, 6.45) is 7.57.